The number of hydrogen-bond acceptors (Lipinski definition) is 3. The first-order valence-corrected chi connectivity index (χ1v) is 4.61. The van der Waals surface area contributed by atoms with Crippen LogP contribution in [0.5, 0.6) is 0 Å². The molecular formula is C6H14O3S. The van der Waals surface area contributed by atoms with Gasteiger partial charge in [0.1, 0.15) is 0 Å². The number of rotatable bonds is 2. The van der Waals surface area contributed by atoms with Crippen molar-refractivity contribution in [3.8, 4) is 0 Å². The molecule has 62 valence electrons. The van der Waals surface area contributed by atoms with Gasteiger partial charge in [0.25, 0.3) is 10.1 Å². The third-order valence-corrected chi connectivity index (χ3v) is 3.07. The second-order valence-electron chi connectivity index (χ2n) is 2.97. The van der Waals surface area contributed by atoms with Crippen LogP contribution in [0.25, 0.3) is 0 Å². The van der Waals surface area contributed by atoms with E-state index in [1.54, 1.807) is 27.7 Å². The molecule has 0 aliphatic rings. The zero-order valence-electron chi connectivity index (χ0n) is 6.84. The molecule has 0 aliphatic heterocycles. The van der Waals surface area contributed by atoms with Gasteiger partial charge in [-0.3, -0.25) is 4.18 Å². The Balaban J connectivity index is 4.44. The minimum absolute atomic E-state index is 0.208. The second-order valence-corrected chi connectivity index (χ2v) is 5.34. The van der Waals surface area contributed by atoms with Crippen LogP contribution in [0.3, 0.4) is 0 Å². The molecule has 0 saturated heterocycles. The maximum absolute atomic E-state index is 11.0. The average molecular weight is 166 g/mol. The molecule has 0 heterocycles. The van der Waals surface area contributed by atoms with Gasteiger partial charge in [-0.25, -0.2) is 0 Å². The molecule has 0 spiro atoms. The van der Waals surface area contributed by atoms with E-state index in [1.165, 1.54) is 0 Å². The van der Waals surface area contributed by atoms with Crippen LogP contribution in [-0.4, -0.2) is 19.8 Å². The Morgan fingerprint density at radius 2 is 1.70 bits per heavy atom. The summed E-state index contributed by atoms with van der Waals surface area (Å²) in [5, 5.41) is 0. The Hall–Kier alpha value is -0.0900. The van der Waals surface area contributed by atoms with Crippen molar-refractivity contribution in [3.05, 3.63) is 0 Å². The quantitative estimate of drug-likeness (QED) is 0.578. The van der Waals surface area contributed by atoms with E-state index in [2.05, 4.69) is 4.18 Å². The summed E-state index contributed by atoms with van der Waals surface area (Å²) in [5.74, 6) is 0. The van der Waals surface area contributed by atoms with Crippen molar-refractivity contribution in [2.75, 3.05) is 6.61 Å². The number of hydrogen-bond donors (Lipinski definition) is 0. The van der Waals surface area contributed by atoms with E-state index < -0.39 is 14.9 Å². The fourth-order valence-electron chi connectivity index (χ4n) is 0.332. The molecule has 0 atom stereocenters. The Kier molecular flexibility index (Phi) is 2.86. The van der Waals surface area contributed by atoms with Crippen molar-refractivity contribution in [3.63, 3.8) is 0 Å². The highest BCUT2D eigenvalue weighted by Gasteiger charge is 2.29. The molecule has 0 amide bonds. The molecular weight excluding hydrogens is 152 g/mol. The van der Waals surface area contributed by atoms with Crippen LogP contribution in [0.2, 0.25) is 0 Å². The second kappa shape index (κ2) is 2.88. The summed E-state index contributed by atoms with van der Waals surface area (Å²) < 4.78 is 25.8. The van der Waals surface area contributed by atoms with Gasteiger partial charge in [-0.05, 0) is 27.7 Å². The summed E-state index contributed by atoms with van der Waals surface area (Å²) in [6.07, 6.45) is 0. The topological polar surface area (TPSA) is 43.4 Å². The predicted octanol–water partition coefficient (Wildman–Crippen LogP) is 1.15. The van der Waals surface area contributed by atoms with Crippen LogP contribution in [0.15, 0.2) is 0 Å². The average Bonchev–Trinajstić information content (AvgIpc) is 1.61. The van der Waals surface area contributed by atoms with Gasteiger partial charge in [0, 0.05) is 0 Å². The monoisotopic (exact) mass is 166 g/mol. The normalized spacial score (nSPS) is 13.6. The van der Waals surface area contributed by atoms with Crippen LogP contribution >= 0.6 is 0 Å². The summed E-state index contributed by atoms with van der Waals surface area (Å²) in [6.45, 7) is 6.69. The molecule has 0 fully saturated rings. The largest absolute Gasteiger partial charge is 0.272 e. The van der Waals surface area contributed by atoms with Gasteiger partial charge in [-0.1, -0.05) is 0 Å². The fraction of sp³-hybridized carbons (Fsp3) is 1.00. The lowest BCUT2D eigenvalue weighted by molar-refractivity contribution is 0.322. The molecule has 10 heavy (non-hydrogen) atoms. The Bertz CT molecular complexity index is 186. The SMILES string of the molecule is CCOS(=O)(=O)C(C)(C)C. The van der Waals surface area contributed by atoms with Crippen molar-refractivity contribution >= 4 is 10.1 Å². The molecule has 0 aromatic carbocycles. The predicted molar refractivity (Wildman–Crippen MR) is 40.3 cm³/mol. The molecule has 3 nitrogen and oxygen atoms in total. The smallest absolute Gasteiger partial charge is 0.270 e. The van der Waals surface area contributed by atoms with Gasteiger partial charge in [0.05, 0.1) is 11.4 Å². The molecule has 0 rings (SSSR count). The zero-order chi connectivity index (χ0) is 8.41. The minimum Gasteiger partial charge on any atom is -0.270 e. The first kappa shape index (κ1) is 9.91. The van der Waals surface area contributed by atoms with Crippen molar-refractivity contribution in [1.82, 2.24) is 0 Å². The lowest BCUT2D eigenvalue weighted by Crippen LogP contribution is -2.29. The molecule has 0 bridgehead atoms. The van der Waals surface area contributed by atoms with Gasteiger partial charge in [0.15, 0.2) is 0 Å². The van der Waals surface area contributed by atoms with Gasteiger partial charge in [-0.2, -0.15) is 8.42 Å². The van der Waals surface area contributed by atoms with E-state index in [0.29, 0.717) is 0 Å². The zero-order valence-corrected chi connectivity index (χ0v) is 7.66. The van der Waals surface area contributed by atoms with Gasteiger partial charge in [0.2, 0.25) is 0 Å². The Morgan fingerprint density at radius 3 is 1.80 bits per heavy atom. The molecule has 0 aromatic rings. The van der Waals surface area contributed by atoms with Crippen LogP contribution < -0.4 is 0 Å². The van der Waals surface area contributed by atoms with E-state index in [9.17, 15) is 8.42 Å². The standard InChI is InChI=1S/C6H14O3S/c1-5-9-10(7,8)6(2,3)4/h5H2,1-4H3. The summed E-state index contributed by atoms with van der Waals surface area (Å²) in [5.41, 5.74) is 0. The van der Waals surface area contributed by atoms with Gasteiger partial charge < -0.3 is 0 Å². The molecule has 0 aliphatic carbocycles. The van der Waals surface area contributed by atoms with Crippen molar-refractivity contribution < 1.29 is 12.6 Å². The lowest BCUT2D eigenvalue weighted by atomic mass is 10.3. The Morgan fingerprint density at radius 1 is 1.30 bits per heavy atom. The van der Waals surface area contributed by atoms with Crippen LogP contribution in [-0.2, 0) is 14.3 Å². The van der Waals surface area contributed by atoms with Crippen molar-refractivity contribution in [1.29, 1.82) is 0 Å². The van der Waals surface area contributed by atoms with Crippen LogP contribution in [0.1, 0.15) is 27.7 Å². The maximum atomic E-state index is 11.0. The first-order valence-electron chi connectivity index (χ1n) is 3.20. The lowest BCUT2D eigenvalue weighted by Gasteiger charge is -2.17. The van der Waals surface area contributed by atoms with Gasteiger partial charge in [-0.15, -0.1) is 0 Å². The molecule has 4 heteroatoms. The van der Waals surface area contributed by atoms with Crippen molar-refractivity contribution in [2.24, 2.45) is 0 Å². The van der Waals surface area contributed by atoms with E-state index in [0.717, 1.165) is 0 Å². The third-order valence-electron chi connectivity index (χ3n) is 1.02. The van der Waals surface area contributed by atoms with Gasteiger partial charge >= 0.3 is 0 Å². The third kappa shape index (κ3) is 2.27. The van der Waals surface area contributed by atoms with Crippen LogP contribution in [0, 0.1) is 0 Å². The van der Waals surface area contributed by atoms with E-state index in [4.69, 9.17) is 0 Å². The molecule has 0 unspecified atom stereocenters. The minimum atomic E-state index is -3.35. The summed E-state index contributed by atoms with van der Waals surface area (Å²) in [4.78, 5) is 0. The highest BCUT2D eigenvalue weighted by molar-refractivity contribution is 7.88. The molecule has 0 N–H and O–H groups in total. The van der Waals surface area contributed by atoms with E-state index in [1.807, 2.05) is 0 Å². The van der Waals surface area contributed by atoms with E-state index in [-0.39, 0.29) is 6.61 Å². The molecule has 0 saturated carbocycles. The highest BCUT2D eigenvalue weighted by Crippen LogP contribution is 2.16. The van der Waals surface area contributed by atoms with Crippen molar-refractivity contribution in [2.45, 2.75) is 32.4 Å². The van der Waals surface area contributed by atoms with E-state index >= 15 is 0 Å². The fourth-order valence-corrected chi connectivity index (χ4v) is 0.996. The Labute approximate surface area is 62.5 Å². The first-order chi connectivity index (χ1) is 4.31. The highest BCUT2D eigenvalue weighted by atomic mass is 32.2. The summed E-state index contributed by atoms with van der Waals surface area (Å²) >= 11 is 0. The summed E-state index contributed by atoms with van der Waals surface area (Å²) in [7, 11) is -3.35. The molecule has 0 radical (unpaired) electrons. The van der Waals surface area contributed by atoms with Crippen LogP contribution in [0.4, 0.5) is 0 Å². The molecule has 0 aromatic heterocycles. The summed E-state index contributed by atoms with van der Waals surface area (Å²) in [6, 6.07) is 0. The maximum Gasteiger partial charge on any atom is 0.272 e.